The van der Waals surface area contributed by atoms with Crippen molar-refractivity contribution in [3.05, 3.63) is 0 Å². The molecule has 2 aliphatic rings. The fourth-order valence-corrected chi connectivity index (χ4v) is 3.25. The van der Waals surface area contributed by atoms with E-state index < -0.39 is 0 Å². The molecular formula is C16H31N3O. The minimum Gasteiger partial charge on any atom is -0.335 e. The predicted molar refractivity (Wildman–Crippen MR) is 82.9 cm³/mol. The van der Waals surface area contributed by atoms with Gasteiger partial charge >= 0.3 is 6.03 Å². The Labute approximate surface area is 123 Å². The van der Waals surface area contributed by atoms with E-state index in [0.29, 0.717) is 6.04 Å². The number of urea groups is 1. The third-order valence-electron chi connectivity index (χ3n) is 4.67. The first-order valence-corrected chi connectivity index (χ1v) is 8.57. The highest BCUT2D eigenvalue weighted by Gasteiger charge is 2.23. The van der Waals surface area contributed by atoms with Crippen LogP contribution in [0, 0.1) is 0 Å². The van der Waals surface area contributed by atoms with Gasteiger partial charge in [-0.05, 0) is 25.8 Å². The number of carbonyl (C=O) groups excluding carboxylic acids is 1. The maximum Gasteiger partial charge on any atom is 0.317 e. The third kappa shape index (κ3) is 4.97. The highest BCUT2D eigenvalue weighted by molar-refractivity contribution is 5.74. The van der Waals surface area contributed by atoms with Crippen molar-refractivity contribution in [1.82, 2.24) is 15.1 Å². The number of hydrogen-bond acceptors (Lipinski definition) is 2. The second-order valence-corrected chi connectivity index (χ2v) is 6.32. The van der Waals surface area contributed by atoms with E-state index in [1.54, 1.807) is 0 Å². The molecule has 1 aliphatic heterocycles. The van der Waals surface area contributed by atoms with Crippen molar-refractivity contribution in [1.29, 1.82) is 0 Å². The van der Waals surface area contributed by atoms with Crippen LogP contribution in [0.15, 0.2) is 0 Å². The molecule has 1 saturated carbocycles. The molecule has 0 aromatic rings. The topological polar surface area (TPSA) is 35.6 Å². The van der Waals surface area contributed by atoms with Crippen LogP contribution in [0.1, 0.15) is 58.3 Å². The Morgan fingerprint density at radius 3 is 2.30 bits per heavy atom. The highest BCUT2D eigenvalue weighted by atomic mass is 16.2. The number of nitrogens with zero attached hydrogens (tertiary/aromatic N) is 2. The zero-order chi connectivity index (χ0) is 14.2. The molecule has 0 bridgehead atoms. The van der Waals surface area contributed by atoms with Crippen LogP contribution in [-0.2, 0) is 0 Å². The first kappa shape index (κ1) is 15.6. The molecule has 2 amide bonds. The lowest BCUT2D eigenvalue weighted by atomic mass is 10.1. The van der Waals surface area contributed by atoms with Gasteiger partial charge in [0.05, 0.1) is 0 Å². The number of unbranched alkanes of at least 4 members (excludes halogenated alkanes) is 1. The van der Waals surface area contributed by atoms with Gasteiger partial charge in [-0.25, -0.2) is 4.79 Å². The molecule has 1 N–H and O–H groups in total. The molecule has 1 saturated heterocycles. The van der Waals surface area contributed by atoms with Crippen molar-refractivity contribution in [3.8, 4) is 0 Å². The second-order valence-electron chi connectivity index (χ2n) is 6.32. The Morgan fingerprint density at radius 1 is 1.05 bits per heavy atom. The first-order chi connectivity index (χ1) is 9.79. The molecule has 0 spiro atoms. The van der Waals surface area contributed by atoms with E-state index in [1.807, 2.05) is 4.90 Å². The summed E-state index contributed by atoms with van der Waals surface area (Å²) in [6, 6.07) is 0.593. The van der Waals surface area contributed by atoms with Gasteiger partial charge in [0.15, 0.2) is 0 Å². The minimum atomic E-state index is 0.173. The molecule has 0 aromatic carbocycles. The van der Waals surface area contributed by atoms with Gasteiger partial charge in [-0.2, -0.15) is 0 Å². The Balaban J connectivity index is 1.68. The van der Waals surface area contributed by atoms with Crippen molar-refractivity contribution in [2.24, 2.45) is 0 Å². The molecule has 0 aromatic heterocycles. The van der Waals surface area contributed by atoms with Gasteiger partial charge in [0.2, 0.25) is 0 Å². The molecule has 116 valence electrons. The molecule has 1 aliphatic carbocycles. The SMILES string of the molecule is CCCCN1CCN(C(=O)NC2CCCCCC2)CC1. The lowest BCUT2D eigenvalue weighted by Gasteiger charge is -2.35. The number of nitrogens with one attached hydrogen (secondary N) is 1. The summed E-state index contributed by atoms with van der Waals surface area (Å²) < 4.78 is 0. The molecule has 2 fully saturated rings. The van der Waals surface area contributed by atoms with Crippen LogP contribution in [0.2, 0.25) is 0 Å². The Morgan fingerprint density at radius 2 is 1.70 bits per heavy atom. The normalized spacial score (nSPS) is 22.6. The Kier molecular flexibility index (Phi) is 6.64. The van der Waals surface area contributed by atoms with Crippen LogP contribution in [-0.4, -0.2) is 54.6 Å². The number of carbonyl (C=O) groups is 1. The van der Waals surface area contributed by atoms with E-state index in [4.69, 9.17) is 0 Å². The smallest absolute Gasteiger partial charge is 0.317 e. The quantitative estimate of drug-likeness (QED) is 0.804. The van der Waals surface area contributed by atoms with Gasteiger partial charge in [-0.1, -0.05) is 39.0 Å². The third-order valence-corrected chi connectivity index (χ3v) is 4.67. The van der Waals surface area contributed by atoms with Gasteiger partial charge in [0.25, 0.3) is 0 Å². The lowest BCUT2D eigenvalue weighted by Crippen LogP contribution is -2.53. The number of piperazine rings is 1. The largest absolute Gasteiger partial charge is 0.335 e. The average Bonchev–Trinajstić information content (AvgIpc) is 2.74. The molecule has 2 rings (SSSR count). The van der Waals surface area contributed by atoms with Gasteiger partial charge in [-0.15, -0.1) is 0 Å². The summed E-state index contributed by atoms with van der Waals surface area (Å²) >= 11 is 0. The number of amides is 2. The summed E-state index contributed by atoms with van der Waals surface area (Å²) in [6.45, 7) is 7.28. The zero-order valence-corrected chi connectivity index (χ0v) is 13.1. The molecule has 4 nitrogen and oxygen atoms in total. The molecule has 0 unspecified atom stereocenters. The van der Waals surface area contributed by atoms with Crippen LogP contribution >= 0.6 is 0 Å². The fraction of sp³-hybridized carbons (Fsp3) is 0.938. The van der Waals surface area contributed by atoms with Crippen LogP contribution < -0.4 is 5.32 Å². The van der Waals surface area contributed by atoms with E-state index >= 15 is 0 Å². The summed E-state index contributed by atoms with van der Waals surface area (Å²) in [6.07, 6.45) is 10.1. The van der Waals surface area contributed by atoms with Crippen LogP contribution in [0.25, 0.3) is 0 Å². The summed E-state index contributed by atoms with van der Waals surface area (Å²) in [4.78, 5) is 16.8. The molecule has 20 heavy (non-hydrogen) atoms. The zero-order valence-electron chi connectivity index (χ0n) is 13.1. The summed E-state index contributed by atoms with van der Waals surface area (Å²) in [5.74, 6) is 0. The summed E-state index contributed by atoms with van der Waals surface area (Å²) in [5, 5.41) is 3.26. The summed E-state index contributed by atoms with van der Waals surface area (Å²) in [5.41, 5.74) is 0. The van der Waals surface area contributed by atoms with Crippen molar-refractivity contribution < 1.29 is 4.79 Å². The van der Waals surface area contributed by atoms with Gasteiger partial charge in [0, 0.05) is 32.2 Å². The molecule has 0 radical (unpaired) electrons. The Hall–Kier alpha value is -0.770. The number of rotatable bonds is 4. The van der Waals surface area contributed by atoms with E-state index in [2.05, 4.69) is 17.1 Å². The van der Waals surface area contributed by atoms with Gasteiger partial charge < -0.3 is 10.2 Å². The van der Waals surface area contributed by atoms with Gasteiger partial charge in [0.1, 0.15) is 0 Å². The highest BCUT2D eigenvalue weighted by Crippen LogP contribution is 2.17. The van der Waals surface area contributed by atoms with Crippen molar-refractivity contribution in [2.45, 2.75) is 64.3 Å². The monoisotopic (exact) mass is 281 g/mol. The maximum absolute atomic E-state index is 12.3. The van der Waals surface area contributed by atoms with Crippen molar-refractivity contribution in [3.63, 3.8) is 0 Å². The van der Waals surface area contributed by atoms with Crippen LogP contribution in [0.4, 0.5) is 4.79 Å². The number of hydrogen-bond donors (Lipinski definition) is 1. The Bertz CT molecular complexity index is 279. The first-order valence-electron chi connectivity index (χ1n) is 8.57. The summed E-state index contributed by atoms with van der Waals surface area (Å²) in [7, 11) is 0. The van der Waals surface area contributed by atoms with Crippen molar-refractivity contribution >= 4 is 6.03 Å². The van der Waals surface area contributed by atoms with E-state index in [1.165, 1.54) is 57.9 Å². The fourth-order valence-electron chi connectivity index (χ4n) is 3.25. The second kappa shape index (κ2) is 8.50. The molecule has 4 heteroatoms. The molecular weight excluding hydrogens is 250 g/mol. The molecule has 1 heterocycles. The maximum atomic E-state index is 12.3. The lowest BCUT2D eigenvalue weighted by molar-refractivity contribution is 0.135. The standard InChI is InChI=1S/C16H31N3O/c1-2-3-10-18-11-13-19(14-12-18)16(20)17-15-8-6-4-5-7-9-15/h15H,2-14H2,1H3,(H,17,20). The van der Waals surface area contributed by atoms with E-state index in [9.17, 15) is 4.79 Å². The van der Waals surface area contributed by atoms with Crippen LogP contribution in [0.5, 0.6) is 0 Å². The van der Waals surface area contributed by atoms with E-state index in [0.717, 1.165) is 26.2 Å². The predicted octanol–water partition coefficient (Wildman–Crippen LogP) is 2.84. The van der Waals surface area contributed by atoms with Crippen molar-refractivity contribution in [2.75, 3.05) is 32.7 Å². The average molecular weight is 281 g/mol. The minimum absolute atomic E-state index is 0.173. The molecule has 0 atom stereocenters. The van der Waals surface area contributed by atoms with E-state index in [-0.39, 0.29) is 6.03 Å². The van der Waals surface area contributed by atoms with Gasteiger partial charge in [-0.3, -0.25) is 4.90 Å². The van der Waals surface area contributed by atoms with Crippen LogP contribution in [0.3, 0.4) is 0 Å².